The van der Waals surface area contributed by atoms with E-state index in [1.807, 2.05) is 36.6 Å². The number of rotatable bonds is 6. The van der Waals surface area contributed by atoms with Crippen molar-refractivity contribution in [3.05, 3.63) is 93.3 Å². The zero-order valence-electron chi connectivity index (χ0n) is 23.0. The van der Waals surface area contributed by atoms with E-state index in [-0.39, 0.29) is 35.3 Å². The molecule has 2 atom stereocenters. The lowest BCUT2D eigenvalue weighted by atomic mass is 10.0. The number of anilines is 1. The molecule has 3 aromatic heterocycles. The number of aryl methyl sites for hydroxylation is 1. The minimum absolute atomic E-state index is 0.102. The minimum Gasteiger partial charge on any atom is -0.486 e. The summed E-state index contributed by atoms with van der Waals surface area (Å²) in [5, 5.41) is 9.25. The van der Waals surface area contributed by atoms with Gasteiger partial charge in [0.2, 0.25) is 5.82 Å². The molecule has 0 aliphatic carbocycles. The van der Waals surface area contributed by atoms with E-state index in [0.29, 0.717) is 36.4 Å². The molecule has 0 bridgehead atoms. The zero-order chi connectivity index (χ0) is 28.7. The molecule has 0 radical (unpaired) electrons. The summed E-state index contributed by atoms with van der Waals surface area (Å²) in [4.78, 5) is 26.9. The summed E-state index contributed by atoms with van der Waals surface area (Å²) in [5.74, 6) is -2.37. The Balaban J connectivity index is 1.38. The van der Waals surface area contributed by atoms with E-state index >= 15 is 0 Å². The molecule has 1 saturated heterocycles. The van der Waals surface area contributed by atoms with Crippen LogP contribution in [0.3, 0.4) is 0 Å². The van der Waals surface area contributed by atoms with Crippen molar-refractivity contribution in [2.45, 2.75) is 51.9 Å². The highest BCUT2D eigenvalue weighted by Crippen LogP contribution is 2.35. The molecule has 0 amide bonds. The van der Waals surface area contributed by atoms with Crippen molar-refractivity contribution < 1.29 is 13.5 Å². The lowest BCUT2D eigenvalue weighted by Gasteiger charge is -2.40. The van der Waals surface area contributed by atoms with Gasteiger partial charge in [0.05, 0.1) is 28.8 Å². The first-order valence-electron chi connectivity index (χ1n) is 13.8. The third kappa shape index (κ3) is 5.13. The normalized spacial score (nSPS) is 18.4. The first kappa shape index (κ1) is 26.8. The predicted octanol–water partition coefficient (Wildman–Crippen LogP) is 4.87. The second-order valence-electron chi connectivity index (χ2n) is 10.9. The van der Waals surface area contributed by atoms with Gasteiger partial charge < -0.3 is 14.2 Å². The van der Waals surface area contributed by atoms with Crippen LogP contribution in [0.25, 0.3) is 10.9 Å². The molecular formula is C31H30F2N6O2. The monoisotopic (exact) mass is 556 g/mol. The number of piperidine rings is 1. The Morgan fingerprint density at radius 3 is 2.80 bits per heavy atom. The summed E-state index contributed by atoms with van der Waals surface area (Å²) in [5.41, 5.74) is 3.80. The Morgan fingerprint density at radius 1 is 1.20 bits per heavy atom. The molecule has 0 saturated carbocycles. The molecule has 8 nitrogen and oxygen atoms in total. The topological polar surface area (TPSA) is 87.3 Å². The Kier molecular flexibility index (Phi) is 7.14. The number of pyridine rings is 3. The van der Waals surface area contributed by atoms with E-state index in [0.717, 1.165) is 42.4 Å². The van der Waals surface area contributed by atoms with Crippen LogP contribution < -0.4 is 15.1 Å². The number of aromatic nitrogens is 3. The molecule has 1 aromatic carbocycles. The highest BCUT2D eigenvalue weighted by Gasteiger charge is 2.30. The Labute approximate surface area is 236 Å². The highest BCUT2D eigenvalue weighted by atomic mass is 19.2. The van der Waals surface area contributed by atoms with E-state index < -0.39 is 11.6 Å². The first-order valence-corrected chi connectivity index (χ1v) is 13.8. The van der Waals surface area contributed by atoms with Crippen molar-refractivity contribution in [3.8, 4) is 11.8 Å². The van der Waals surface area contributed by atoms with E-state index in [1.165, 1.54) is 0 Å². The Hall–Kier alpha value is -4.36. The average molecular weight is 557 g/mol. The van der Waals surface area contributed by atoms with Gasteiger partial charge in [-0.15, -0.1) is 0 Å². The molecular weight excluding hydrogens is 526 g/mol. The van der Waals surface area contributed by atoms with E-state index in [1.54, 1.807) is 24.7 Å². The van der Waals surface area contributed by atoms with Crippen LogP contribution in [0, 0.1) is 29.9 Å². The van der Waals surface area contributed by atoms with Crippen molar-refractivity contribution in [2.24, 2.45) is 0 Å². The molecule has 0 N–H and O–H groups in total. The maximum absolute atomic E-state index is 14.6. The summed E-state index contributed by atoms with van der Waals surface area (Å²) in [6.45, 7) is 6.56. The van der Waals surface area contributed by atoms with Gasteiger partial charge in [0.15, 0.2) is 17.0 Å². The van der Waals surface area contributed by atoms with Crippen LogP contribution in [-0.2, 0) is 13.1 Å². The number of benzene rings is 1. The van der Waals surface area contributed by atoms with Crippen LogP contribution in [0.5, 0.6) is 5.75 Å². The molecule has 2 unspecified atom stereocenters. The fraction of sp³-hybridized carbons (Fsp3) is 0.355. The standard InChI is InChI=1S/C31H30F2N6O2/c1-19-10-21(7-8-35-19)14-38(25-4-3-9-37(17-25)24-6-5-23(12-34)36-13-24)15-22-16-39-20(2)18-41-31-28(33)27(32)11-26(29(31)39)30(22)40/h5-8,10-11,13,16,20,25H,3-4,9,14-15,17-18H2,1-2H3. The van der Waals surface area contributed by atoms with Gasteiger partial charge in [0.25, 0.3) is 0 Å². The van der Waals surface area contributed by atoms with E-state index in [2.05, 4.69) is 25.8 Å². The number of nitrogens with zero attached hydrogens (tertiary/aromatic N) is 6. The third-order valence-electron chi connectivity index (χ3n) is 8.04. The summed E-state index contributed by atoms with van der Waals surface area (Å²) < 4.78 is 36.5. The first-order chi connectivity index (χ1) is 19.8. The summed E-state index contributed by atoms with van der Waals surface area (Å²) in [7, 11) is 0. The molecule has 4 aromatic rings. The smallest absolute Gasteiger partial charge is 0.202 e. The maximum atomic E-state index is 14.6. The van der Waals surface area contributed by atoms with Gasteiger partial charge in [-0.05, 0) is 62.6 Å². The number of hydrogen-bond donors (Lipinski definition) is 0. The zero-order valence-corrected chi connectivity index (χ0v) is 23.0. The van der Waals surface area contributed by atoms with E-state index in [4.69, 9.17) is 10.00 Å². The summed E-state index contributed by atoms with van der Waals surface area (Å²) >= 11 is 0. The number of halogens is 2. The maximum Gasteiger partial charge on any atom is 0.202 e. The summed E-state index contributed by atoms with van der Waals surface area (Å²) in [6, 6.07) is 10.7. The second-order valence-corrected chi connectivity index (χ2v) is 10.9. The fourth-order valence-electron chi connectivity index (χ4n) is 5.96. The fourth-order valence-corrected chi connectivity index (χ4v) is 5.96. The number of nitriles is 1. The summed E-state index contributed by atoms with van der Waals surface area (Å²) in [6.07, 6.45) is 7.18. The average Bonchev–Trinajstić information content (AvgIpc) is 2.98. The van der Waals surface area contributed by atoms with Crippen molar-refractivity contribution in [2.75, 3.05) is 24.6 Å². The highest BCUT2D eigenvalue weighted by molar-refractivity contribution is 5.86. The largest absolute Gasteiger partial charge is 0.486 e. The Bertz CT molecular complexity index is 1720. The van der Waals surface area contributed by atoms with Crippen molar-refractivity contribution in [1.29, 1.82) is 5.26 Å². The third-order valence-corrected chi connectivity index (χ3v) is 8.04. The van der Waals surface area contributed by atoms with E-state index in [9.17, 15) is 13.6 Å². The predicted molar refractivity (Wildman–Crippen MR) is 151 cm³/mol. The van der Waals surface area contributed by atoms with Crippen LogP contribution >= 0.6 is 0 Å². The number of hydrogen-bond acceptors (Lipinski definition) is 7. The molecule has 0 spiro atoms. The van der Waals surface area contributed by atoms with Gasteiger partial charge in [-0.25, -0.2) is 9.37 Å². The molecule has 10 heteroatoms. The van der Waals surface area contributed by atoms with Crippen LogP contribution in [0.15, 0.2) is 53.7 Å². The van der Waals surface area contributed by atoms with Gasteiger partial charge in [0.1, 0.15) is 18.4 Å². The quantitative estimate of drug-likeness (QED) is 0.335. The molecule has 41 heavy (non-hydrogen) atoms. The van der Waals surface area contributed by atoms with Crippen molar-refractivity contribution >= 4 is 16.6 Å². The molecule has 210 valence electrons. The van der Waals surface area contributed by atoms with Gasteiger partial charge in [-0.2, -0.15) is 9.65 Å². The lowest BCUT2D eigenvalue weighted by Crippen LogP contribution is -2.48. The van der Waals surface area contributed by atoms with Crippen molar-refractivity contribution in [3.63, 3.8) is 0 Å². The van der Waals surface area contributed by atoms with Crippen LogP contribution in [-0.4, -0.2) is 45.2 Å². The van der Waals surface area contributed by atoms with Crippen LogP contribution in [0.1, 0.15) is 48.3 Å². The number of ether oxygens (including phenoxy) is 1. The Morgan fingerprint density at radius 2 is 2.05 bits per heavy atom. The van der Waals surface area contributed by atoms with Gasteiger partial charge in [-0.1, -0.05) is 0 Å². The molecule has 1 fully saturated rings. The molecule has 5 heterocycles. The molecule has 2 aliphatic heterocycles. The van der Waals surface area contributed by atoms with Crippen molar-refractivity contribution in [1.82, 2.24) is 19.4 Å². The second kappa shape index (κ2) is 10.9. The van der Waals surface area contributed by atoms with Gasteiger partial charge in [-0.3, -0.25) is 14.7 Å². The van der Waals surface area contributed by atoms with Crippen LogP contribution in [0.2, 0.25) is 0 Å². The molecule has 6 rings (SSSR count). The molecule has 2 aliphatic rings. The minimum atomic E-state index is -1.09. The van der Waals surface area contributed by atoms with Gasteiger partial charge in [0, 0.05) is 55.9 Å². The lowest BCUT2D eigenvalue weighted by molar-refractivity contribution is 0.157. The van der Waals surface area contributed by atoms with Gasteiger partial charge >= 0.3 is 0 Å². The SMILES string of the molecule is Cc1cc(CN(Cc2cn3c4c(c(F)c(F)cc4c2=O)OCC3C)C2CCCN(c3ccc(C#N)nc3)C2)ccn1. The van der Waals surface area contributed by atoms with Crippen LogP contribution in [0.4, 0.5) is 14.5 Å².